The predicted octanol–water partition coefficient (Wildman–Crippen LogP) is 4.81. The number of methoxy groups -OCH3 is 1. The van der Waals surface area contributed by atoms with E-state index < -0.39 is 10.8 Å². The molecule has 30 heavy (non-hydrogen) atoms. The first-order valence-electron chi connectivity index (χ1n) is 10.4. The van der Waals surface area contributed by atoms with Crippen LogP contribution >= 0.6 is 0 Å². The van der Waals surface area contributed by atoms with Crippen molar-refractivity contribution in [3.05, 3.63) is 41.2 Å². The Hall–Kier alpha value is -2.41. The van der Waals surface area contributed by atoms with Crippen molar-refractivity contribution in [2.75, 3.05) is 13.7 Å². The van der Waals surface area contributed by atoms with Crippen LogP contribution in [0.25, 0.3) is 11.0 Å². The average Bonchev–Trinajstić information content (AvgIpc) is 3.10. The van der Waals surface area contributed by atoms with Gasteiger partial charge in [-0.1, -0.05) is 13.8 Å². The lowest BCUT2D eigenvalue weighted by Gasteiger charge is -2.15. The molecule has 0 aliphatic heterocycles. The van der Waals surface area contributed by atoms with E-state index in [0.717, 1.165) is 45.8 Å². The summed E-state index contributed by atoms with van der Waals surface area (Å²) in [6.07, 6.45) is 2.80. The molecule has 0 spiro atoms. The molecule has 0 bridgehead atoms. The van der Waals surface area contributed by atoms with Crippen molar-refractivity contribution in [2.45, 2.75) is 58.5 Å². The van der Waals surface area contributed by atoms with Gasteiger partial charge >= 0.3 is 0 Å². The number of aryl methyl sites for hydroxylation is 2. The van der Waals surface area contributed by atoms with Crippen LogP contribution in [0.1, 0.15) is 44.0 Å². The third-order valence-electron chi connectivity index (χ3n) is 5.20. The summed E-state index contributed by atoms with van der Waals surface area (Å²) in [6.45, 7) is 11.7. The summed E-state index contributed by atoms with van der Waals surface area (Å²) in [5.74, 6) is 2.49. The van der Waals surface area contributed by atoms with Crippen LogP contribution < -0.4 is 9.47 Å². The van der Waals surface area contributed by atoms with Crippen LogP contribution in [0, 0.1) is 19.8 Å². The van der Waals surface area contributed by atoms with E-state index >= 15 is 0 Å². The van der Waals surface area contributed by atoms with Crippen molar-refractivity contribution in [3.8, 4) is 11.5 Å². The van der Waals surface area contributed by atoms with Gasteiger partial charge in [0.05, 0.1) is 47.0 Å². The first-order chi connectivity index (χ1) is 14.3. The van der Waals surface area contributed by atoms with Gasteiger partial charge in [0.25, 0.3) is 0 Å². The summed E-state index contributed by atoms with van der Waals surface area (Å²) in [4.78, 5) is 9.20. The number of pyridine rings is 1. The molecule has 1 aromatic carbocycles. The Morgan fingerprint density at radius 2 is 2.00 bits per heavy atom. The molecule has 1 atom stereocenters. The maximum absolute atomic E-state index is 13.3. The van der Waals surface area contributed by atoms with Gasteiger partial charge in [0.1, 0.15) is 11.5 Å². The molecule has 0 saturated heterocycles. The molecule has 0 N–H and O–H groups in total. The zero-order chi connectivity index (χ0) is 21.8. The van der Waals surface area contributed by atoms with E-state index in [2.05, 4.69) is 23.8 Å². The highest BCUT2D eigenvalue weighted by Crippen LogP contribution is 2.28. The highest BCUT2D eigenvalue weighted by molar-refractivity contribution is 7.84. The number of imidazole rings is 1. The lowest BCUT2D eigenvalue weighted by Crippen LogP contribution is -2.10. The number of fused-ring (bicyclic) bond motifs is 1. The van der Waals surface area contributed by atoms with Gasteiger partial charge in [0, 0.05) is 29.9 Å². The summed E-state index contributed by atoms with van der Waals surface area (Å²) < 4.78 is 26.7. The quantitative estimate of drug-likeness (QED) is 0.488. The maximum Gasteiger partial charge on any atom is 0.200 e. The van der Waals surface area contributed by atoms with E-state index in [4.69, 9.17) is 9.47 Å². The smallest absolute Gasteiger partial charge is 0.200 e. The molecule has 6 nitrogen and oxygen atoms in total. The minimum absolute atomic E-state index is 0.299. The van der Waals surface area contributed by atoms with E-state index in [1.54, 1.807) is 13.3 Å². The number of ether oxygens (including phenoxy) is 2. The molecule has 0 aliphatic carbocycles. The second-order valence-electron chi connectivity index (χ2n) is 7.86. The number of aromatic nitrogens is 3. The van der Waals surface area contributed by atoms with E-state index in [1.165, 1.54) is 0 Å². The summed E-state index contributed by atoms with van der Waals surface area (Å²) in [5.41, 5.74) is 4.47. The largest absolute Gasteiger partial charge is 0.497 e. The summed E-state index contributed by atoms with van der Waals surface area (Å²) in [5, 5.41) is 0.560. The Balaban J connectivity index is 1.89. The molecular formula is C23H31N3O3S. The third-order valence-corrected chi connectivity index (χ3v) is 6.45. The molecule has 162 valence electrons. The Morgan fingerprint density at radius 1 is 1.23 bits per heavy atom. The van der Waals surface area contributed by atoms with Crippen molar-refractivity contribution in [2.24, 2.45) is 5.92 Å². The Morgan fingerprint density at radius 3 is 2.67 bits per heavy atom. The molecule has 3 rings (SSSR count). The minimum Gasteiger partial charge on any atom is -0.497 e. The lowest BCUT2D eigenvalue weighted by atomic mass is 10.1. The number of nitrogens with zero attached hydrogens (tertiary/aromatic N) is 3. The Kier molecular flexibility index (Phi) is 7.13. The molecule has 2 heterocycles. The fourth-order valence-corrected chi connectivity index (χ4v) is 4.74. The van der Waals surface area contributed by atoms with Gasteiger partial charge in [-0.15, -0.1) is 0 Å². The predicted molar refractivity (Wildman–Crippen MR) is 121 cm³/mol. The third kappa shape index (κ3) is 4.67. The molecule has 0 aliphatic rings. The molecule has 0 fully saturated rings. The molecular weight excluding hydrogens is 398 g/mol. The Labute approximate surface area is 181 Å². The van der Waals surface area contributed by atoms with Crippen LogP contribution in [0.15, 0.2) is 29.6 Å². The van der Waals surface area contributed by atoms with E-state index in [1.807, 2.05) is 43.5 Å². The van der Waals surface area contributed by atoms with Gasteiger partial charge in [-0.3, -0.25) is 9.19 Å². The van der Waals surface area contributed by atoms with Crippen molar-refractivity contribution < 1.29 is 13.7 Å². The van der Waals surface area contributed by atoms with Gasteiger partial charge in [-0.2, -0.15) is 0 Å². The van der Waals surface area contributed by atoms with Crippen molar-refractivity contribution in [3.63, 3.8) is 0 Å². The van der Waals surface area contributed by atoms with Crippen LogP contribution in [0.4, 0.5) is 0 Å². The van der Waals surface area contributed by atoms with E-state index in [9.17, 15) is 4.21 Å². The molecule has 0 radical (unpaired) electrons. The molecule has 0 amide bonds. The van der Waals surface area contributed by atoms with Crippen LogP contribution in [0.3, 0.4) is 0 Å². The van der Waals surface area contributed by atoms with Crippen LogP contribution in [0.5, 0.6) is 11.5 Å². The van der Waals surface area contributed by atoms with Gasteiger partial charge in [-0.25, -0.2) is 4.98 Å². The average molecular weight is 430 g/mol. The zero-order valence-electron chi connectivity index (χ0n) is 18.7. The van der Waals surface area contributed by atoms with Crippen molar-refractivity contribution in [1.29, 1.82) is 0 Å². The van der Waals surface area contributed by atoms with Gasteiger partial charge in [0.2, 0.25) is 0 Å². The molecule has 1 unspecified atom stereocenters. The molecule has 7 heteroatoms. The SMILES string of the molecule is CCn1c(S(=O)Cc2ncc(C)c(OCCC(C)C)c2C)nc2ccc(OC)cc21. The fraction of sp³-hybridized carbons (Fsp3) is 0.478. The van der Waals surface area contributed by atoms with Crippen molar-refractivity contribution in [1.82, 2.24) is 14.5 Å². The molecule has 2 aromatic heterocycles. The van der Waals surface area contributed by atoms with Crippen LogP contribution in [-0.2, 0) is 23.1 Å². The normalized spacial score (nSPS) is 12.5. The fourth-order valence-electron chi connectivity index (χ4n) is 3.40. The number of benzene rings is 1. The second kappa shape index (κ2) is 9.60. The second-order valence-corrected chi connectivity index (χ2v) is 9.20. The van der Waals surface area contributed by atoms with E-state index in [0.29, 0.717) is 30.0 Å². The first-order valence-corrected chi connectivity index (χ1v) is 11.7. The maximum atomic E-state index is 13.3. The topological polar surface area (TPSA) is 66.2 Å². The standard InChI is InChI=1S/C23H31N3O3S/c1-7-26-21-12-18(28-6)8-9-19(21)25-23(26)30(27)14-20-17(5)22(16(4)13-24-20)29-11-10-15(2)3/h8-9,12-13,15H,7,10-11,14H2,1-6H3. The van der Waals surface area contributed by atoms with E-state index in [-0.39, 0.29) is 0 Å². The van der Waals surface area contributed by atoms with Gasteiger partial charge in [0.15, 0.2) is 5.16 Å². The number of hydrogen-bond donors (Lipinski definition) is 0. The van der Waals surface area contributed by atoms with Crippen LogP contribution in [-0.4, -0.2) is 32.5 Å². The minimum atomic E-state index is -1.33. The monoisotopic (exact) mass is 429 g/mol. The highest BCUT2D eigenvalue weighted by Gasteiger charge is 2.19. The van der Waals surface area contributed by atoms with Crippen molar-refractivity contribution >= 4 is 21.8 Å². The molecule has 3 aromatic rings. The zero-order valence-corrected chi connectivity index (χ0v) is 19.5. The molecule has 0 saturated carbocycles. The lowest BCUT2D eigenvalue weighted by molar-refractivity contribution is 0.285. The highest BCUT2D eigenvalue weighted by atomic mass is 32.2. The van der Waals surface area contributed by atoms with Gasteiger partial charge in [-0.05, 0) is 45.2 Å². The number of hydrogen-bond acceptors (Lipinski definition) is 5. The summed E-state index contributed by atoms with van der Waals surface area (Å²) in [7, 11) is 0.306. The first kappa shape index (κ1) is 22.3. The Bertz CT molecular complexity index is 1060. The summed E-state index contributed by atoms with van der Waals surface area (Å²) >= 11 is 0. The number of rotatable bonds is 9. The van der Waals surface area contributed by atoms with Gasteiger partial charge < -0.3 is 14.0 Å². The summed E-state index contributed by atoms with van der Waals surface area (Å²) in [6, 6.07) is 5.70. The van der Waals surface area contributed by atoms with Crippen LogP contribution in [0.2, 0.25) is 0 Å².